The highest BCUT2D eigenvalue weighted by atomic mass is 32.7. The fourth-order valence-electron chi connectivity index (χ4n) is 5.24. The van der Waals surface area contributed by atoms with Crippen LogP contribution in [0.25, 0.3) is 16.8 Å². The third kappa shape index (κ3) is 5.56. The van der Waals surface area contributed by atoms with Crippen molar-refractivity contribution in [2.75, 3.05) is 18.9 Å². The predicted molar refractivity (Wildman–Crippen MR) is 154 cm³/mol. The lowest BCUT2D eigenvalue weighted by atomic mass is 10.1. The van der Waals surface area contributed by atoms with Gasteiger partial charge >= 0.3 is 13.5 Å². The van der Waals surface area contributed by atoms with Gasteiger partial charge in [0, 0.05) is 12.4 Å². The number of ether oxygens (including phenoxy) is 2. The molecule has 7 rings (SSSR count). The number of rotatable bonds is 2. The van der Waals surface area contributed by atoms with Crippen molar-refractivity contribution in [3.05, 3.63) is 45.8 Å². The van der Waals surface area contributed by atoms with Crippen LogP contribution in [0.5, 0.6) is 0 Å². The van der Waals surface area contributed by atoms with E-state index in [2.05, 4.69) is 37.3 Å². The van der Waals surface area contributed by atoms with Gasteiger partial charge in [-0.3, -0.25) is 37.3 Å². The van der Waals surface area contributed by atoms with E-state index in [0.29, 0.717) is 0 Å². The van der Waals surface area contributed by atoms with E-state index in [1.54, 1.807) is 0 Å². The highest BCUT2D eigenvalue weighted by Crippen LogP contribution is 2.58. The van der Waals surface area contributed by atoms with E-state index in [-0.39, 0.29) is 22.8 Å². The van der Waals surface area contributed by atoms with Gasteiger partial charge in [0.15, 0.2) is 23.6 Å². The van der Waals surface area contributed by atoms with Crippen LogP contribution in [0.2, 0.25) is 0 Å². The maximum atomic E-state index is 13.5. The monoisotopic (exact) mass is 707 g/mol. The van der Waals surface area contributed by atoms with Gasteiger partial charge in [-0.15, -0.1) is 0 Å². The van der Waals surface area contributed by atoms with Gasteiger partial charge in [0.2, 0.25) is 11.6 Å². The molecule has 4 aromatic rings. The Kier molecular flexibility index (Phi) is 7.76. The Morgan fingerprint density at radius 3 is 2.56 bits per heavy atom. The van der Waals surface area contributed by atoms with Crippen LogP contribution >= 0.6 is 25.8 Å². The van der Waals surface area contributed by atoms with E-state index in [9.17, 15) is 29.3 Å². The molecule has 242 valence electrons. The van der Waals surface area contributed by atoms with Gasteiger partial charge in [0.05, 0.1) is 19.5 Å². The molecule has 10 atom stereocenters. The number of aliphatic hydroxyl groups excluding tert-OH is 2. The molecule has 6 N–H and O–H groups in total. The zero-order valence-corrected chi connectivity index (χ0v) is 25.8. The number of nitrogens with two attached hydrogens (primary N) is 1. The number of nitrogens with one attached hydrogen (secondary N) is 1. The smallest absolute Gasteiger partial charge is 0.386 e. The molecule has 0 amide bonds. The van der Waals surface area contributed by atoms with E-state index in [1.165, 1.54) is 27.8 Å². The number of anilines is 1. The number of nitrogens with zero attached hydrogens (tertiary/aromatic N) is 7. The van der Waals surface area contributed by atoms with Gasteiger partial charge in [-0.25, -0.2) is 19.0 Å². The normalized spacial score (nSPS) is 37.7. The van der Waals surface area contributed by atoms with Crippen molar-refractivity contribution in [3.8, 4) is 0 Å². The van der Waals surface area contributed by atoms with Crippen molar-refractivity contribution in [3.63, 3.8) is 0 Å². The zero-order chi connectivity index (χ0) is 31.8. The van der Waals surface area contributed by atoms with Crippen LogP contribution in [0.1, 0.15) is 12.5 Å². The number of fused-ring (bicyclic) bond motifs is 5. The zero-order valence-electron chi connectivity index (χ0n) is 22.3. The second kappa shape index (κ2) is 11.3. The summed E-state index contributed by atoms with van der Waals surface area (Å²) in [5, 5.41) is 26.4. The molecule has 0 saturated carbocycles. The van der Waals surface area contributed by atoms with Crippen LogP contribution < -0.4 is 16.9 Å². The fraction of sp³-hybridized carbons (Fsp3) is 0.500. The maximum Gasteiger partial charge on any atom is 0.386 e. The maximum absolute atomic E-state index is 13.5. The standard InChI is InChI=1S/C20H23N9O12P2S2/c21-20-25-14-9(16(32)26-20)23-5-27(14)19-13-10(30)7(38-19)3-36-42(34,44)40-12-8(4-37-43(35,45)41-13)39-18(11(12)31)28-6-24-29-2-1-22-15(29)17(28)33/h1-2,5-8,10-13,18-19,30-31H,3-4H2,(H,34,44)(H,35,45)(H3,21,25,26,32)/t7-,8-,10-,11-,12-,13-,18-,19-,42?,43?/m1/s1. The van der Waals surface area contributed by atoms with Gasteiger partial charge < -0.3 is 34.8 Å². The molecule has 45 heavy (non-hydrogen) atoms. The van der Waals surface area contributed by atoms with Crippen molar-refractivity contribution < 1.29 is 47.2 Å². The Morgan fingerprint density at radius 1 is 1.00 bits per heavy atom. The number of imidazole rings is 2. The summed E-state index contributed by atoms with van der Waals surface area (Å²) >= 11 is 9.22. The van der Waals surface area contributed by atoms with Crippen LogP contribution in [0.3, 0.4) is 0 Å². The third-order valence-electron chi connectivity index (χ3n) is 7.28. The summed E-state index contributed by atoms with van der Waals surface area (Å²) in [5.74, 6) is -0.233. The largest absolute Gasteiger partial charge is 0.387 e. The Bertz CT molecular complexity index is 2000. The molecule has 21 nitrogen and oxygen atoms in total. The number of hydrogen-bond acceptors (Lipinski definition) is 17. The molecule has 2 unspecified atom stereocenters. The molecule has 3 aliphatic rings. The molecular formula is C20H23N9O12P2S2. The Morgan fingerprint density at radius 2 is 1.76 bits per heavy atom. The lowest BCUT2D eigenvalue weighted by molar-refractivity contribution is -0.0602. The number of thiol groups is 1. The molecule has 4 aromatic heterocycles. The molecule has 0 spiro atoms. The number of hydrogen-bond donors (Lipinski definition) is 6. The van der Waals surface area contributed by atoms with Crippen molar-refractivity contribution in [1.29, 1.82) is 0 Å². The highest BCUT2D eigenvalue weighted by molar-refractivity contribution is 8.44. The minimum Gasteiger partial charge on any atom is -0.387 e. The van der Waals surface area contributed by atoms with E-state index in [0.717, 1.165) is 10.9 Å². The van der Waals surface area contributed by atoms with Crippen LogP contribution in [-0.2, 0) is 43.9 Å². The van der Waals surface area contributed by atoms with Crippen molar-refractivity contribution in [2.24, 2.45) is 0 Å². The van der Waals surface area contributed by atoms with E-state index < -0.39 is 86.9 Å². The molecule has 0 aliphatic carbocycles. The Labute approximate surface area is 259 Å². The van der Waals surface area contributed by atoms with Crippen LogP contribution in [0.4, 0.5) is 5.95 Å². The summed E-state index contributed by atoms with van der Waals surface area (Å²) in [7, 11) is 0. The number of aromatic nitrogens is 8. The topological polar surface area (TPSA) is 275 Å². The molecule has 3 fully saturated rings. The van der Waals surface area contributed by atoms with Gasteiger partial charge in [-0.05, 0) is 11.8 Å². The van der Waals surface area contributed by atoms with Gasteiger partial charge in [-0.1, -0.05) is 12.2 Å². The number of H-pyrrole nitrogens is 1. The summed E-state index contributed by atoms with van der Waals surface area (Å²) < 4.78 is 50.9. The molecule has 0 radical (unpaired) electrons. The first-order chi connectivity index (χ1) is 21.3. The summed E-state index contributed by atoms with van der Waals surface area (Å²) in [6.45, 7) is -9.86. The lowest BCUT2D eigenvalue weighted by Crippen LogP contribution is -2.38. The minimum absolute atomic E-state index is 0.0456. The molecule has 25 heteroatoms. The predicted octanol–water partition coefficient (Wildman–Crippen LogP) is -1.81. The fourth-order valence-corrected chi connectivity index (χ4v) is 8.15. The lowest BCUT2D eigenvalue weighted by Gasteiger charge is -2.27. The number of aliphatic hydroxyl groups is 2. The molecule has 3 aliphatic heterocycles. The SMILES string of the molecule is Nc1nc2c(ncn2[C@@H]2O[C@@H]3COP(O)(=S)O[C@H]4[C@@H](O)[C@H](n5cnn6ccnc6c5=O)O[C@@H]4COP(=O)(S)O[C@@H]2[C@@H]3O)c(=O)[nH]1. The third-order valence-corrected chi connectivity index (χ3v) is 10.5. The number of aromatic amines is 1. The van der Waals surface area contributed by atoms with Crippen LogP contribution in [0, 0.1) is 0 Å². The van der Waals surface area contributed by atoms with Gasteiger partial charge in [-0.2, -0.15) is 10.1 Å². The average Bonchev–Trinajstić information content (AvgIpc) is 3.74. The van der Waals surface area contributed by atoms with E-state index in [4.69, 9.17) is 45.1 Å². The first kappa shape index (κ1) is 31.0. The first-order valence-corrected chi connectivity index (χ1v) is 18.2. The minimum atomic E-state index is -4.41. The van der Waals surface area contributed by atoms with Crippen molar-refractivity contribution in [2.45, 2.75) is 49.1 Å². The van der Waals surface area contributed by atoms with Crippen molar-refractivity contribution in [1.82, 2.24) is 38.7 Å². The van der Waals surface area contributed by atoms with Crippen molar-refractivity contribution >= 4 is 60.3 Å². The van der Waals surface area contributed by atoms with E-state index >= 15 is 0 Å². The summed E-state index contributed by atoms with van der Waals surface area (Å²) in [6, 6.07) is 0. The quantitative estimate of drug-likeness (QED) is 0.0990. The summed E-state index contributed by atoms with van der Waals surface area (Å²) in [5.41, 5.74) is 4.16. The summed E-state index contributed by atoms with van der Waals surface area (Å²) in [4.78, 5) is 50.6. The van der Waals surface area contributed by atoms with Gasteiger partial charge in [0.1, 0.15) is 43.0 Å². The van der Waals surface area contributed by atoms with Gasteiger partial charge in [0.25, 0.3) is 11.1 Å². The van der Waals surface area contributed by atoms with Crippen LogP contribution in [0.15, 0.2) is 34.6 Å². The Balaban J connectivity index is 1.21. The highest BCUT2D eigenvalue weighted by Gasteiger charge is 2.53. The van der Waals surface area contributed by atoms with E-state index in [1.807, 2.05) is 0 Å². The molecular weight excluding hydrogens is 684 g/mol. The number of nitrogen functional groups attached to an aromatic ring is 1. The second-order valence-electron chi connectivity index (χ2n) is 10.1. The molecule has 7 heterocycles. The van der Waals surface area contributed by atoms with Crippen LogP contribution in [-0.4, -0.2) is 104 Å². The second-order valence-corrected chi connectivity index (χ2v) is 15.8. The summed E-state index contributed by atoms with van der Waals surface area (Å²) in [6.07, 6.45) is -6.52. The Hall–Kier alpha value is -2.63. The molecule has 3 saturated heterocycles. The average molecular weight is 708 g/mol. The molecule has 0 aromatic carbocycles. The first-order valence-electron chi connectivity index (χ1n) is 12.9. The molecule has 2 bridgehead atoms.